The minimum absolute atomic E-state index is 0.311. The lowest BCUT2D eigenvalue weighted by Crippen LogP contribution is -2.34. The standard InChI is InChI=1S/C13H13Cl2NO3/c1-2-16(8-13(18)19)12(17)7-6-9-10(14)4-3-5-11(9)15/h3-7H,2,8H2,1H3,(H,18,19)/b7-6+. The van der Waals surface area contributed by atoms with Crippen molar-refractivity contribution >= 4 is 41.2 Å². The Morgan fingerprint density at radius 1 is 1.32 bits per heavy atom. The number of carbonyl (C=O) groups excluding carboxylic acids is 1. The van der Waals surface area contributed by atoms with Crippen molar-refractivity contribution < 1.29 is 14.7 Å². The number of carboxylic acids is 1. The number of rotatable bonds is 5. The SMILES string of the molecule is CCN(CC(=O)O)C(=O)/C=C/c1c(Cl)cccc1Cl. The molecule has 0 fully saturated rings. The van der Waals surface area contributed by atoms with Crippen LogP contribution in [0.2, 0.25) is 10.0 Å². The molecule has 0 aliphatic carbocycles. The molecule has 0 aliphatic heterocycles. The van der Waals surface area contributed by atoms with E-state index in [0.717, 1.165) is 0 Å². The minimum atomic E-state index is -1.06. The van der Waals surface area contributed by atoms with Crippen molar-refractivity contribution in [1.82, 2.24) is 4.90 Å². The molecule has 1 rings (SSSR count). The fraction of sp³-hybridized carbons (Fsp3) is 0.231. The van der Waals surface area contributed by atoms with Crippen LogP contribution in [0, 0.1) is 0 Å². The predicted octanol–water partition coefficient (Wildman–Crippen LogP) is 2.94. The Hall–Kier alpha value is -1.52. The van der Waals surface area contributed by atoms with E-state index in [1.165, 1.54) is 17.1 Å². The van der Waals surface area contributed by atoms with E-state index in [-0.39, 0.29) is 6.54 Å². The summed E-state index contributed by atoms with van der Waals surface area (Å²) in [6, 6.07) is 5.02. The van der Waals surface area contributed by atoms with Crippen LogP contribution in [-0.4, -0.2) is 35.0 Å². The van der Waals surface area contributed by atoms with Gasteiger partial charge in [0.05, 0.1) is 0 Å². The van der Waals surface area contributed by atoms with Crippen LogP contribution in [0.25, 0.3) is 6.08 Å². The van der Waals surface area contributed by atoms with Crippen molar-refractivity contribution in [2.24, 2.45) is 0 Å². The number of likely N-dealkylation sites (N-methyl/N-ethyl adjacent to an activating group) is 1. The first-order chi connectivity index (χ1) is 8.95. The Bertz CT molecular complexity index is 494. The summed E-state index contributed by atoms with van der Waals surface area (Å²) in [5.74, 6) is -1.46. The molecule has 1 aromatic rings. The average Bonchev–Trinajstić information content (AvgIpc) is 2.34. The first-order valence-corrected chi connectivity index (χ1v) is 6.34. The lowest BCUT2D eigenvalue weighted by molar-refractivity contribution is -0.142. The lowest BCUT2D eigenvalue weighted by Gasteiger charge is -2.16. The zero-order valence-electron chi connectivity index (χ0n) is 10.3. The molecule has 0 aliphatic rings. The van der Waals surface area contributed by atoms with Crippen LogP contribution in [-0.2, 0) is 9.59 Å². The summed E-state index contributed by atoms with van der Waals surface area (Å²) in [6.45, 7) is 1.68. The Morgan fingerprint density at radius 2 is 1.89 bits per heavy atom. The second kappa shape index (κ2) is 7.16. The van der Waals surface area contributed by atoms with Crippen LogP contribution in [0.4, 0.5) is 0 Å². The highest BCUT2D eigenvalue weighted by Crippen LogP contribution is 2.25. The molecule has 1 aromatic carbocycles. The molecule has 0 aromatic heterocycles. The van der Waals surface area contributed by atoms with Crippen molar-refractivity contribution in [3.63, 3.8) is 0 Å². The molecule has 0 atom stereocenters. The molecular weight excluding hydrogens is 289 g/mol. The van der Waals surface area contributed by atoms with Crippen LogP contribution < -0.4 is 0 Å². The van der Waals surface area contributed by atoms with Gasteiger partial charge in [0.2, 0.25) is 5.91 Å². The summed E-state index contributed by atoms with van der Waals surface area (Å²) in [6.07, 6.45) is 2.75. The molecule has 0 saturated heterocycles. The second-order valence-corrected chi connectivity index (χ2v) is 4.53. The highest BCUT2D eigenvalue weighted by Gasteiger charge is 2.12. The highest BCUT2D eigenvalue weighted by atomic mass is 35.5. The van der Waals surface area contributed by atoms with E-state index in [1.54, 1.807) is 25.1 Å². The molecule has 1 amide bonds. The number of hydrogen-bond donors (Lipinski definition) is 1. The molecule has 1 N–H and O–H groups in total. The van der Waals surface area contributed by atoms with Crippen molar-refractivity contribution in [2.75, 3.05) is 13.1 Å². The lowest BCUT2D eigenvalue weighted by atomic mass is 10.2. The fourth-order valence-electron chi connectivity index (χ4n) is 1.44. The maximum Gasteiger partial charge on any atom is 0.323 e. The van der Waals surface area contributed by atoms with Gasteiger partial charge in [-0.15, -0.1) is 0 Å². The Kier molecular flexibility index (Phi) is 5.86. The molecule has 4 nitrogen and oxygen atoms in total. The number of halogens is 2. The average molecular weight is 302 g/mol. The molecule has 6 heteroatoms. The van der Waals surface area contributed by atoms with Crippen LogP contribution in [0.3, 0.4) is 0 Å². The van der Waals surface area contributed by atoms with E-state index in [9.17, 15) is 9.59 Å². The van der Waals surface area contributed by atoms with Gasteiger partial charge in [-0.3, -0.25) is 9.59 Å². The van der Waals surface area contributed by atoms with Gasteiger partial charge in [0.15, 0.2) is 0 Å². The Balaban J connectivity index is 2.86. The summed E-state index contributed by atoms with van der Waals surface area (Å²) >= 11 is 11.9. The summed E-state index contributed by atoms with van der Waals surface area (Å²) in [4.78, 5) is 23.6. The highest BCUT2D eigenvalue weighted by molar-refractivity contribution is 6.37. The van der Waals surface area contributed by atoms with Crippen molar-refractivity contribution in [2.45, 2.75) is 6.92 Å². The van der Waals surface area contributed by atoms with E-state index >= 15 is 0 Å². The topological polar surface area (TPSA) is 57.6 Å². The van der Waals surface area contributed by atoms with Gasteiger partial charge in [-0.2, -0.15) is 0 Å². The van der Waals surface area contributed by atoms with Gasteiger partial charge in [-0.25, -0.2) is 0 Å². The predicted molar refractivity (Wildman–Crippen MR) is 75.4 cm³/mol. The smallest absolute Gasteiger partial charge is 0.323 e. The quantitative estimate of drug-likeness (QED) is 0.851. The van der Waals surface area contributed by atoms with Crippen LogP contribution >= 0.6 is 23.2 Å². The summed E-state index contributed by atoms with van der Waals surface area (Å²) in [5, 5.41) is 9.53. The number of amides is 1. The summed E-state index contributed by atoms with van der Waals surface area (Å²) in [5.41, 5.74) is 0.533. The van der Waals surface area contributed by atoms with Crippen LogP contribution in [0.1, 0.15) is 12.5 Å². The van der Waals surface area contributed by atoms with Crippen molar-refractivity contribution in [1.29, 1.82) is 0 Å². The third kappa shape index (κ3) is 4.58. The normalized spacial score (nSPS) is 10.7. The molecule has 0 heterocycles. The van der Waals surface area contributed by atoms with E-state index in [4.69, 9.17) is 28.3 Å². The molecular formula is C13H13Cl2NO3. The third-order valence-corrected chi connectivity index (χ3v) is 3.07. The van der Waals surface area contributed by atoms with Gasteiger partial charge in [0, 0.05) is 28.2 Å². The number of hydrogen-bond acceptors (Lipinski definition) is 2. The molecule has 0 spiro atoms. The number of nitrogens with zero attached hydrogens (tertiary/aromatic N) is 1. The molecule has 0 unspecified atom stereocenters. The molecule has 19 heavy (non-hydrogen) atoms. The van der Waals surface area contributed by atoms with Gasteiger partial charge >= 0.3 is 5.97 Å². The van der Waals surface area contributed by atoms with E-state index in [2.05, 4.69) is 0 Å². The van der Waals surface area contributed by atoms with Gasteiger partial charge in [0.1, 0.15) is 6.54 Å². The largest absolute Gasteiger partial charge is 0.480 e. The van der Waals surface area contributed by atoms with Crippen LogP contribution in [0.5, 0.6) is 0 Å². The number of benzene rings is 1. The van der Waals surface area contributed by atoms with Crippen molar-refractivity contribution in [3.05, 3.63) is 39.9 Å². The van der Waals surface area contributed by atoms with Gasteiger partial charge < -0.3 is 10.0 Å². The monoisotopic (exact) mass is 301 g/mol. The zero-order valence-corrected chi connectivity index (χ0v) is 11.8. The number of carboxylic acid groups (broad SMARTS) is 1. The van der Waals surface area contributed by atoms with E-state index < -0.39 is 11.9 Å². The summed E-state index contributed by atoms with van der Waals surface area (Å²) < 4.78 is 0. The summed E-state index contributed by atoms with van der Waals surface area (Å²) in [7, 11) is 0. The first-order valence-electron chi connectivity index (χ1n) is 5.58. The zero-order chi connectivity index (χ0) is 14.4. The third-order valence-electron chi connectivity index (χ3n) is 2.41. The molecule has 0 saturated carbocycles. The van der Waals surface area contributed by atoms with Gasteiger partial charge in [-0.1, -0.05) is 29.3 Å². The van der Waals surface area contributed by atoms with E-state index in [0.29, 0.717) is 22.2 Å². The molecule has 0 bridgehead atoms. The minimum Gasteiger partial charge on any atom is -0.480 e. The van der Waals surface area contributed by atoms with Crippen molar-refractivity contribution in [3.8, 4) is 0 Å². The number of carbonyl (C=O) groups is 2. The second-order valence-electron chi connectivity index (χ2n) is 3.71. The first kappa shape index (κ1) is 15.5. The Labute approximate surface area is 121 Å². The van der Waals surface area contributed by atoms with Crippen LogP contribution in [0.15, 0.2) is 24.3 Å². The molecule has 0 radical (unpaired) electrons. The van der Waals surface area contributed by atoms with E-state index in [1.807, 2.05) is 0 Å². The molecule has 102 valence electrons. The van der Waals surface area contributed by atoms with Gasteiger partial charge in [0.25, 0.3) is 0 Å². The van der Waals surface area contributed by atoms with Gasteiger partial charge in [-0.05, 0) is 25.1 Å². The number of aliphatic carboxylic acids is 1. The maximum absolute atomic E-state index is 11.8. The Morgan fingerprint density at radius 3 is 2.37 bits per heavy atom. The maximum atomic E-state index is 11.8. The fourth-order valence-corrected chi connectivity index (χ4v) is 1.96.